The van der Waals surface area contributed by atoms with Gasteiger partial charge in [-0.3, -0.25) is 9.52 Å². The Hall–Kier alpha value is -2.48. The molecule has 0 saturated carbocycles. The number of benzene rings is 1. The molecule has 0 aliphatic carbocycles. The molecule has 0 radical (unpaired) electrons. The van der Waals surface area contributed by atoms with Gasteiger partial charge >= 0.3 is 0 Å². The Balaban J connectivity index is 1.59. The Morgan fingerprint density at radius 1 is 1.08 bits per heavy atom. The molecule has 8 heteroatoms. The molecule has 1 N–H and O–H groups in total. The van der Waals surface area contributed by atoms with Gasteiger partial charge in [-0.1, -0.05) is 0 Å². The SMILES string of the molecule is CS(=O)(=O)Nc1ccc(N2CCN(C(=O)c3ccco3)CC2)cc1. The van der Waals surface area contributed by atoms with Crippen molar-refractivity contribution in [3.8, 4) is 0 Å². The van der Waals surface area contributed by atoms with Gasteiger partial charge in [-0.05, 0) is 36.4 Å². The van der Waals surface area contributed by atoms with Crippen molar-refractivity contribution >= 4 is 27.3 Å². The van der Waals surface area contributed by atoms with E-state index in [4.69, 9.17) is 4.42 Å². The minimum Gasteiger partial charge on any atom is -0.459 e. The molecule has 7 nitrogen and oxygen atoms in total. The summed E-state index contributed by atoms with van der Waals surface area (Å²) in [6.07, 6.45) is 2.62. The number of carbonyl (C=O) groups excluding carboxylic acids is 1. The summed E-state index contributed by atoms with van der Waals surface area (Å²) >= 11 is 0. The second-order valence-electron chi connectivity index (χ2n) is 5.68. The van der Waals surface area contributed by atoms with Crippen LogP contribution in [0.5, 0.6) is 0 Å². The van der Waals surface area contributed by atoms with Crippen LogP contribution in [0, 0.1) is 0 Å². The van der Waals surface area contributed by atoms with Crippen molar-refractivity contribution in [1.82, 2.24) is 4.90 Å². The van der Waals surface area contributed by atoms with E-state index in [2.05, 4.69) is 9.62 Å². The molecule has 1 fully saturated rings. The lowest BCUT2D eigenvalue weighted by Crippen LogP contribution is -2.48. The molecule has 1 aromatic carbocycles. The van der Waals surface area contributed by atoms with Gasteiger partial charge in [0.1, 0.15) is 0 Å². The molecule has 0 atom stereocenters. The van der Waals surface area contributed by atoms with E-state index in [1.54, 1.807) is 29.2 Å². The van der Waals surface area contributed by atoms with Crippen molar-refractivity contribution in [2.24, 2.45) is 0 Å². The predicted molar refractivity (Wildman–Crippen MR) is 91.7 cm³/mol. The predicted octanol–water partition coefficient (Wildman–Crippen LogP) is 1.61. The van der Waals surface area contributed by atoms with Gasteiger partial charge in [0.15, 0.2) is 5.76 Å². The fourth-order valence-electron chi connectivity index (χ4n) is 2.68. The van der Waals surface area contributed by atoms with Crippen molar-refractivity contribution in [2.75, 3.05) is 42.1 Å². The molecular weight excluding hydrogens is 330 g/mol. The summed E-state index contributed by atoms with van der Waals surface area (Å²) in [5.41, 5.74) is 1.53. The lowest BCUT2D eigenvalue weighted by Gasteiger charge is -2.35. The van der Waals surface area contributed by atoms with Crippen LogP contribution >= 0.6 is 0 Å². The van der Waals surface area contributed by atoms with E-state index in [9.17, 15) is 13.2 Å². The molecule has 1 aliphatic rings. The van der Waals surface area contributed by atoms with Crippen LogP contribution in [0.1, 0.15) is 10.6 Å². The molecule has 3 rings (SSSR count). The van der Waals surface area contributed by atoms with Crippen LogP contribution in [-0.4, -0.2) is 51.7 Å². The minimum absolute atomic E-state index is 0.0904. The molecule has 1 saturated heterocycles. The molecule has 1 amide bonds. The minimum atomic E-state index is -3.27. The van der Waals surface area contributed by atoms with Crippen LogP contribution in [0.15, 0.2) is 47.1 Å². The average Bonchev–Trinajstić information content (AvgIpc) is 3.08. The third-order valence-electron chi connectivity index (χ3n) is 3.83. The number of amides is 1. The van der Waals surface area contributed by atoms with Crippen molar-refractivity contribution in [1.29, 1.82) is 0 Å². The maximum Gasteiger partial charge on any atom is 0.289 e. The molecule has 1 aliphatic heterocycles. The molecule has 0 spiro atoms. The summed E-state index contributed by atoms with van der Waals surface area (Å²) in [6.45, 7) is 2.66. The number of anilines is 2. The van der Waals surface area contributed by atoms with Gasteiger partial charge in [0, 0.05) is 37.6 Å². The second kappa shape index (κ2) is 6.56. The number of nitrogens with zero attached hydrogens (tertiary/aromatic N) is 2. The maximum absolute atomic E-state index is 12.2. The second-order valence-corrected chi connectivity index (χ2v) is 7.43. The topological polar surface area (TPSA) is 82.9 Å². The maximum atomic E-state index is 12.2. The normalized spacial score (nSPS) is 15.4. The van der Waals surface area contributed by atoms with Gasteiger partial charge in [0.25, 0.3) is 5.91 Å². The molecule has 1 aromatic heterocycles. The molecule has 2 heterocycles. The lowest BCUT2D eigenvalue weighted by atomic mass is 10.2. The highest BCUT2D eigenvalue weighted by Gasteiger charge is 2.23. The fraction of sp³-hybridized carbons (Fsp3) is 0.312. The first-order valence-corrected chi connectivity index (χ1v) is 9.47. The van der Waals surface area contributed by atoms with Crippen molar-refractivity contribution in [2.45, 2.75) is 0 Å². The van der Waals surface area contributed by atoms with Gasteiger partial charge in [-0.2, -0.15) is 0 Å². The number of hydrogen-bond acceptors (Lipinski definition) is 5. The Kier molecular flexibility index (Phi) is 4.48. The first-order chi connectivity index (χ1) is 11.4. The quantitative estimate of drug-likeness (QED) is 0.907. The summed E-state index contributed by atoms with van der Waals surface area (Å²) in [5.74, 6) is 0.270. The number of carbonyl (C=O) groups is 1. The van der Waals surface area contributed by atoms with Crippen molar-refractivity contribution < 1.29 is 17.6 Å². The lowest BCUT2D eigenvalue weighted by molar-refractivity contribution is 0.0714. The zero-order valence-corrected chi connectivity index (χ0v) is 14.1. The largest absolute Gasteiger partial charge is 0.459 e. The van der Waals surface area contributed by atoms with E-state index in [1.165, 1.54) is 6.26 Å². The summed E-state index contributed by atoms with van der Waals surface area (Å²) in [7, 11) is -3.27. The third-order valence-corrected chi connectivity index (χ3v) is 4.44. The number of hydrogen-bond donors (Lipinski definition) is 1. The highest BCUT2D eigenvalue weighted by molar-refractivity contribution is 7.92. The molecule has 0 unspecified atom stereocenters. The zero-order valence-electron chi connectivity index (χ0n) is 13.3. The number of rotatable bonds is 4. The Bertz CT molecular complexity index is 792. The number of sulfonamides is 1. The van der Waals surface area contributed by atoms with Crippen LogP contribution in [0.2, 0.25) is 0 Å². The fourth-order valence-corrected chi connectivity index (χ4v) is 3.24. The summed E-state index contributed by atoms with van der Waals surface area (Å²) in [4.78, 5) is 16.2. The first kappa shape index (κ1) is 16.4. The molecule has 128 valence electrons. The van der Waals surface area contributed by atoms with E-state index in [-0.39, 0.29) is 5.91 Å². The van der Waals surface area contributed by atoms with E-state index in [0.717, 1.165) is 11.9 Å². The highest BCUT2D eigenvalue weighted by atomic mass is 32.2. The summed E-state index contributed by atoms with van der Waals surface area (Å²) in [5, 5.41) is 0. The summed E-state index contributed by atoms with van der Waals surface area (Å²) < 4.78 is 30.0. The van der Waals surface area contributed by atoms with E-state index >= 15 is 0 Å². The van der Waals surface area contributed by atoms with Gasteiger partial charge in [-0.15, -0.1) is 0 Å². The van der Waals surface area contributed by atoms with Crippen molar-refractivity contribution in [3.63, 3.8) is 0 Å². The molecular formula is C16H19N3O4S. The van der Waals surface area contributed by atoms with Gasteiger partial charge in [0.05, 0.1) is 12.5 Å². The van der Waals surface area contributed by atoms with E-state index in [0.29, 0.717) is 37.6 Å². The van der Waals surface area contributed by atoms with Crippen LogP contribution < -0.4 is 9.62 Å². The molecule has 0 bridgehead atoms. The monoisotopic (exact) mass is 349 g/mol. The van der Waals surface area contributed by atoms with E-state index < -0.39 is 10.0 Å². The highest BCUT2D eigenvalue weighted by Crippen LogP contribution is 2.20. The van der Waals surface area contributed by atoms with Crippen LogP contribution in [0.25, 0.3) is 0 Å². The Morgan fingerprint density at radius 2 is 1.75 bits per heavy atom. The number of piperazine rings is 1. The summed E-state index contributed by atoms with van der Waals surface area (Å²) in [6, 6.07) is 10.6. The van der Waals surface area contributed by atoms with Gasteiger partial charge in [-0.25, -0.2) is 8.42 Å². The standard InChI is InChI=1S/C16H19N3O4S/c1-24(21,22)17-13-4-6-14(7-5-13)18-8-10-19(11-9-18)16(20)15-3-2-12-23-15/h2-7,12,17H,8-11H2,1H3. The number of nitrogens with one attached hydrogen (secondary N) is 1. The number of furan rings is 1. The van der Waals surface area contributed by atoms with Crippen LogP contribution in [0.3, 0.4) is 0 Å². The molecule has 24 heavy (non-hydrogen) atoms. The van der Waals surface area contributed by atoms with Crippen LogP contribution in [0.4, 0.5) is 11.4 Å². The third kappa shape index (κ3) is 3.88. The molecule has 2 aromatic rings. The van der Waals surface area contributed by atoms with Gasteiger partial charge < -0.3 is 14.2 Å². The van der Waals surface area contributed by atoms with Gasteiger partial charge in [0.2, 0.25) is 10.0 Å². The first-order valence-electron chi connectivity index (χ1n) is 7.58. The van der Waals surface area contributed by atoms with E-state index in [1.807, 2.05) is 12.1 Å². The Morgan fingerprint density at radius 3 is 2.29 bits per heavy atom. The van der Waals surface area contributed by atoms with Crippen LogP contribution in [-0.2, 0) is 10.0 Å². The zero-order chi connectivity index (χ0) is 17.2. The van der Waals surface area contributed by atoms with Crippen molar-refractivity contribution in [3.05, 3.63) is 48.4 Å². The average molecular weight is 349 g/mol. The smallest absolute Gasteiger partial charge is 0.289 e. The Labute approximate surface area is 140 Å².